The van der Waals surface area contributed by atoms with E-state index >= 15 is 0 Å². The third kappa shape index (κ3) is 3.52. The number of nitrogens with two attached hydrogens (primary N) is 2. The van der Waals surface area contributed by atoms with E-state index in [9.17, 15) is 0 Å². The van der Waals surface area contributed by atoms with Crippen molar-refractivity contribution in [1.82, 2.24) is 9.97 Å². The topological polar surface area (TPSA) is 111 Å². The predicted octanol–water partition coefficient (Wildman–Crippen LogP) is 0.896. The molecule has 0 radical (unpaired) electrons. The molecule has 122 valence electrons. The minimum absolute atomic E-state index is 0.0783. The quantitative estimate of drug-likeness (QED) is 0.768. The number of morpholine rings is 1. The molecule has 7 nitrogen and oxygen atoms in total. The molecule has 0 bridgehead atoms. The van der Waals surface area contributed by atoms with Gasteiger partial charge in [0.05, 0.1) is 12.7 Å². The molecule has 1 aliphatic heterocycles. The molecule has 2 heterocycles. The molecular weight excluding hydrogens is 294 g/mol. The number of aliphatic hydroxyl groups excluding tert-OH is 1. The second-order valence-corrected chi connectivity index (χ2v) is 5.53. The Labute approximate surface area is 134 Å². The first-order valence-electron chi connectivity index (χ1n) is 7.63. The highest BCUT2D eigenvalue weighted by Crippen LogP contribution is 2.27. The largest absolute Gasteiger partial charge is 0.396 e. The lowest BCUT2D eigenvalue weighted by molar-refractivity contribution is 0.0247. The van der Waals surface area contributed by atoms with Crippen LogP contribution in [0.4, 0.5) is 17.5 Å². The van der Waals surface area contributed by atoms with Crippen LogP contribution in [-0.4, -0.2) is 47.5 Å². The Balaban J connectivity index is 1.76. The molecule has 0 aliphatic carbocycles. The first-order valence-corrected chi connectivity index (χ1v) is 7.63. The summed E-state index contributed by atoms with van der Waals surface area (Å²) in [6.45, 7) is 2.44. The van der Waals surface area contributed by atoms with Gasteiger partial charge >= 0.3 is 0 Å². The van der Waals surface area contributed by atoms with Crippen LogP contribution in [-0.2, 0) is 4.74 Å². The standard InChI is InChI=1S/C16H21N5O2/c17-15-14(9-19-16(18)20-15)11-1-3-12(4-2-11)21-6-8-23-13(10-21)5-7-22/h1-4,9,13,22H,5-8,10H2,(H4,17,18,19,20). The molecule has 5 N–H and O–H groups in total. The van der Waals surface area contributed by atoms with Gasteiger partial charge in [0.1, 0.15) is 5.82 Å². The molecule has 1 aromatic carbocycles. The highest BCUT2D eigenvalue weighted by molar-refractivity contribution is 5.74. The summed E-state index contributed by atoms with van der Waals surface area (Å²) in [5, 5.41) is 9.05. The molecule has 1 aliphatic rings. The van der Waals surface area contributed by atoms with Crippen molar-refractivity contribution >= 4 is 17.5 Å². The molecule has 3 rings (SSSR count). The third-order valence-corrected chi connectivity index (χ3v) is 3.97. The van der Waals surface area contributed by atoms with E-state index in [1.807, 2.05) is 24.3 Å². The summed E-state index contributed by atoms with van der Waals surface area (Å²) in [7, 11) is 0. The monoisotopic (exact) mass is 315 g/mol. The lowest BCUT2D eigenvalue weighted by Gasteiger charge is -2.34. The van der Waals surface area contributed by atoms with Crippen LogP contribution in [0.1, 0.15) is 6.42 Å². The smallest absolute Gasteiger partial charge is 0.221 e. The number of ether oxygens (including phenoxy) is 1. The van der Waals surface area contributed by atoms with Crippen molar-refractivity contribution < 1.29 is 9.84 Å². The molecule has 0 amide bonds. The third-order valence-electron chi connectivity index (χ3n) is 3.97. The van der Waals surface area contributed by atoms with E-state index in [0.29, 0.717) is 18.8 Å². The Bertz CT molecular complexity index is 660. The summed E-state index contributed by atoms with van der Waals surface area (Å²) in [5.74, 6) is 0.547. The van der Waals surface area contributed by atoms with E-state index in [-0.39, 0.29) is 18.7 Å². The Kier molecular flexibility index (Phi) is 4.59. The maximum atomic E-state index is 9.05. The van der Waals surface area contributed by atoms with Crippen molar-refractivity contribution in [3.63, 3.8) is 0 Å². The molecule has 2 aromatic rings. The minimum Gasteiger partial charge on any atom is -0.396 e. The summed E-state index contributed by atoms with van der Waals surface area (Å²) < 4.78 is 5.64. The fourth-order valence-corrected chi connectivity index (χ4v) is 2.76. The number of benzene rings is 1. The van der Waals surface area contributed by atoms with E-state index in [1.165, 1.54) is 0 Å². The van der Waals surface area contributed by atoms with Crippen LogP contribution in [0.5, 0.6) is 0 Å². The first kappa shape index (κ1) is 15.5. The molecule has 0 spiro atoms. The van der Waals surface area contributed by atoms with Gasteiger partial charge in [0, 0.05) is 37.1 Å². The van der Waals surface area contributed by atoms with E-state index in [2.05, 4.69) is 14.9 Å². The van der Waals surface area contributed by atoms with Crippen LogP contribution in [0.3, 0.4) is 0 Å². The van der Waals surface area contributed by atoms with Crippen molar-refractivity contribution in [2.75, 3.05) is 42.7 Å². The summed E-state index contributed by atoms with van der Waals surface area (Å²) >= 11 is 0. The Morgan fingerprint density at radius 3 is 2.74 bits per heavy atom. The van der Waals surface area contributed by atoms with Crippen LogP contribution < -0.4 is 16.4 Å². The van der Waals surface area contributed by atoms with Gasteiger partial charge in [0.25, 0.3) is 0 Å². The number of rotatable bonds is 4. The van der Waals surface area contributed by atoms with Gasteiger partial charge < -0.3 is 26.2 Å². The van der Waals surface area contributed by atoms with Crippen molar-refractivity contribution in [3.05, 3.63) is 30.5 Å². The summed E-state index contributed by atoms with van der Waals surface area (Å²) in [4.78, 5) is 10.2. The lowest BCUT2D eigenvalue weighted by atomic mass is 10.1. The Morgan fingerprint density at radius 1 is 1.26 bits per heavy atom. The fourth-order valence-electron chi connectivity index (χ4n) is 2.76. The highest BCUT2D eigenvalue weighted by Gasteiger charge is 2.20. The van der Waals surface area contributed by atoms with E-state index in [0.717, 1.165) is 29.9 Å². The zero-order valence-electron chi connectivity index (χ0n) is 12.9. The van der Waals surface area contributed by atoms with Gasteiger partial charge in [0.15, 0.2) is 0 Å². The van der Waals surface area contributed by atoms with E-state index < -0.39 is 0 Å². The number of anilines is 3. The summed E-state index contributed by atoms with van der Waals surface area (Å²) in [6, 6.07) is 8.09. The van der Waals surface area contributed by atoms with Gasteiger partial charge in [-0.1, -0.05) is 12.1 Å². The number of hydrogen-bond acceptors (Lipinski definition) is 7. The maximum Gasteiger partial charge on any atom is 0.221 e. The second kappa shape index (κ2) is 6.80. The molecule has 1 saturated heterocycles. The molecule has 1 unspecified atom stereocenters. The number of aliphatic hydroxyl groups is 1. The SMILES string of the molecule is Nc1ncc(-c2ccc(N3CCOC(CCO)C3)cc2)c(N)n1. The Hall–Kier alpha value is -2.38. The highest BCUT2D eigenvalue weighted by atomic mass is 16.5. The summed E-state index contributed by atoms with van der Waals surface area (Å²) in [6.07, 6.45) is 2.38. The Morgan fingerprint density at radius 2 is 2.04 bits per heavy atom. The van der Waals surface area contributed by atoms with Crippen LogP contribution >= 0.6 is 0 Å². The van der Waals surface area contributed by atoms with Crippen molar-refractivity contribution in [2.45, 2.75) is 12.5 Å². The van der Waals surface area contributed by atoms with Crippen molar-refractivity contribution in [2.24, 2.45) is 0 Å². The average Bonchev–Trinajstić information content (AvgIpc) is 2.56. The normalized spacial score (nSPS) is 18.1. The molecule has 23 heavy (non-hydrogen) atoms. The number of aromatic nitrogens is 2. The molecular formula is C16H21N5O2. The molecule has 0 saturated carbocycles. The average molecular weight is 315 g/mol. The van der Waals surface area contributed by atoms with Gasteiger partial charge in [0.2, 0.25) is 5.95 Å². The van der Waals surface area contributed by atoms with Crippen molar-refractivity contribution in [3.8, 4) is 11.1 Å². The molecule has 1 aromatic heterocycles. The first-order chi connectivity index (χ1) is 11.2. The zero-order valence-corrected chi connectivity index (χ0v) is 12.9. The van der Waals surface area contributed by atoms with Crippen LogP contribution in [0, 0.1) is 0 Å². The van der Waals surface area contributed by atoms with Gasteiger partial charge in [-0.25, -0.2) is 4.98 Å². The van der Waals surface area contributed by atoms with Crippen LogP contribution in [0.25, 0.3) is 11.1 Å². The molecule has 1 atom stereocenters. The van der Waals surface area contributed by atoms with Crippen LogP contribution in [0.2, 0.25) is 0 Å². The van der Waals surface area contributed by atoms with Gasteiger partial charge in [-0.15, -0.1) is 0 Å². The van der Waals surface area contributed by atoms with Crippen molar-refractivity contribution in [1.29, 1.82) is 0 Å². The van der Waals surface area contributed by atoms with E-state index in [4.69, 9.17) is 21.3 Å². The zero-order chi connectivity index (χ0) is 16.2. The maximum absolute atomic E-state index is 9.05. The van der Waals surface area contributed by atoms with Crippen LogP contribution in [0.15, 0.2) is 30.5 Å². The molecule has 1 fully saturated rings. The lowest BCUT2D eigenvalue weighted by Crippen LogP contribution is -2.42. The van der Waals surface area contributed by atoms with Gasteiger partial charge in [-0.3, -0.25) is 0 Å². The number of nitrogens with zero attached hydrogens (tertiary/aromatic N) is 3. The fraction of sp³-hybridized carbons (Fsp3) is 0.375. The second-order valence-electron chi connectivity index (χ2n) is 5.53. The summed E-state index contributed by atoms with van der Waals surface area (Å²) in [5.41, 5.74) is 14.3. The minimum atomic E-state index is 0.0783. The molecule has 7 heteroatoms. The predicted molar refractivity (Wildman–Crippen MR) is 89.9 cm³/mol. The number of hydrogen-bond donors (Lipinski definition) is 3. The van der Waals surface area contributed by atoms with Gasteiger partial charge in [-0.05, 0) is 24.1 Å². The van der Waals surface area contributed by atoms with E-state index in [1.54, 1.807) is 6.20 Å². The number of nitrogen functional groups attached to an aromatic ring is 2. The van der Waals surface area contributed by atoms with Gasteiger partial charge in [-0.2, -0.15) is 4.98 Å².